The predicted molar refractivity (Wildman–Crippen MR) is 99.9 cm³/mol. The van der Waals surface area contributed by atoms with E-state index >= 15 is 0 Å². The van der Waals surface area contributed by atoms with E-state index in [0.717, 1.165) is 22.2 Å². The van der Waals surface area contributed by atoms with Crippen LogP contribution in [0.2, 0.25) is 0 Å². The lowest BCUT2D eigenvalue weighted by atomic mass is 10.1. The Hall–Kier alpha value is -2.08. The molecule has 0 bridgehead atoms. The lowest BCUT2D eigenvalue weighted by Crippen LogP contribution is -2.32. The number of benzene rings is 1. The van der Waals surface area contributed by atoms with Gasteiger partial charge in [-0.25, -0.2) is 0 Å². The summed E-state index contributed by atoms with van der Waals surface area (Å²) in [4.78, 5) is 26.1. The van der Waals surface area contributed by atoms with Crippen LogP contribution in [0.15, 0.2) is 45.7 Å². The van der Waals surface area contributed by atoms with E-state index in [0.29, 0.717) is 25.3 Å². The standard InChI is InChI=1S/C19H21BrN2O3/c1-13-9-17(11-18(23)21(13)2)25-16-7-8-22(12-16)19(24)10-14-3-5-15(20)6-4-14/h3-6,9,11,16H,7-8,10,12H2,1-2H3. The van der Waals surface area contributed by atoms with Gasteiger partial charge < -0.3 is 14.2 Å². The van der Waals surface area contributed by atoms with Gasteiger partial charge in [0.15, 0.2) is 0 Å². The lowest BCUT2D eigenvalue weighted by molar-refractivity contribution is -0.129. The molecule has 3 rings (SSSR count). The van der Waals surface area contributed by atoms with E-state index in [1.165, 1.54) is 6.07 Å². The molecule has 1 fully saturated rings. The van der Waals surface area contributed by atoms with E-state index in [4.69, 9.17) is 4.74 Å². The van der Waals surface area contributed by atoms with Crippen molar-refractivity contribution < 1.29 is 9.53 Å². The summed E-state index contributed by atoms with van der Waals surface area (Å²) >= 11 is 3.40. The van der Waals surface area contributed by atoms with Gasteiger partial charge in [-0.05, 0) is 30.7 Å². The highest BCUT2D eigenvalue weighted by Gasteiger charge is 2.27. The molecular weight excluding hydrogens is 384 g/mol. The van der Waals surface area contributed by atoms with Crippen molar-refractivity contribution in [3.05, 3.63) is 62.5 Å². The summed E-state index contributed by atoms with van der Waals surface area (Å²) in [5, 5.41) is 0. The second-order valence-corrected chi connectivity index (χ2v) is 7.32. The van der Waals surface area contributed by atoms with Gasteiger partial charge in [0.1, 0.15) is 11.9 Å². The lowest BCUT2D eigenvalue weighted by Gasteiger charge is -2.18. The largest absolute Gasteiger partial charge is 0.488 e. The molecule has 1 unspecified atom stereocenters. The normalized spacial score (nSPS) is 16.9. The van der Waals surface area contributed by atoms with Crippen LogP contribution in [-0.2, 0) is 18.3 Å². The van der Waals surface area contributed by atoms with Crippen molar-refractivity contribution in [2.24, 2.45) is 7.05 Å². The van der Waals surface area contributed by atoms with E-state index in [-0.39, 0.29) is 17.6 Å². The highest BCUT2D eigenvalue weighted by molar-refractivity contribution is 9.10. The average Bonchev–Trinajstić information content (AvgIpc) is 3.03. The molecule has 25 heavy (non-hydrogen) atoms. The van der Waals surface area contributed by atoms with Crippen LogP contribution in [0.1, 0.15) is 17.7 Å². The summed E-state index contributed by atoms with van der Waals surface area (Å²) in [6, 6.07) is 11.1. The van der Waals surface area contributed by atoms with Crippen LogP contribution in [0, 0.1) is 6.92 Å². The Balaban J connectivity index is 1.59. The summed E-state index contributed by atoms with van der Waals surface area (Å²) in [6.07, 6.45) is 1.10. The Labute approximate surface area is 155 Å². The average molecular weight is 405 g/mol. The summed E-state index contributed by atoms with van der Waals surface area (Å²) < 4.78 is 8.51. The highest BCUT2D eigenvalue weighted by atomic mass is 79.9. The molecule has 5 nitrogen and oxygen atoms in total. The number of aryl methyl sites for hydroxylation is 1. The van der Waals surface area contributed by atoms with Crippen LogP contribution in [0.5, 0.6) is 5.75 Å². The maximum absolute atomic E-state index is 12.5. The topological polar surface area (TPSA) is 51.5 Å². The highest BCUT2D eigenvalue weighted by Crippen LogP contribution is 2.19. The van der Waals surface area contributed by atoms with Crippen molar-refractivity contribution in [2.45, 2.75) is 25.9 Å². The first kappa shape index (κ1) is 17.7. The van der Waals surface area contributed by atoms with E-state index in [9.17, 15) is 9.59 Å². The maximum Gasteiger partial charge on any atom is 0.254 e. The molecule has 2 aromatic rings. The van der Waals surface area contributed by atoms with Gasteiger partial charge in [-0.1, -0.05) is 28.1 Å². The van der Waals surface area contributed by atoms with Crippen LogP contribution in [0.3, 0.4) is 0 Å². The number of hydrogen-bond acceptors (Lipinski definition) is 3. The zero-order valence-electron chi connectivity index (χ0n) is 14.4. The summed E-state index contributed by atoms with van der Waals surface area (Å²) in [5.74, 6) is 0.682. The van der Waals surface area contributed by atoms with E-state index < -0.39 is 0 Å². The fourth-order valence-corrected chi connectivity index (χ4v) is 3.20. The van der Waals surface area contributed by atoms with Crippen LogP contribution >= 0.6 is 15.9 Å². The van der Waals surface area contributed by atoms with Crippen molar-refractivity contribution in [2.75, 3.05) is 13.1 Å². The number of rotatable bonds is 4. The molecule has 1 aliphatic heterocycles. The molecule has 1 aromatic carbocycles. The first-order valence-electron chi connectivity index (χ1n) is 8.29. The molecule has 0 spiro atoms. The third kappa shape index (κ3) is 4.31. The van der Waals surface area contributed by atoms with E-state index in [2.05, 4.69) is 15.9 Å². The Kier molecular flexibility index (Phi) is 5.27. The maximum atomic E-state index is 12.5. The Morgan fingerprint density at radius 1 is 1.28 bits per heavy atom. The molecule has 0 N–H and O–H groups in total. The Morgan fingerprint density at radius 3 is 2.68 bits per heavy atom. The first-order chi connectivity index (χ1) is 11.9. The van der Waals surface area contributed by atoms with Gasteiger partial charge in [-0.2, -0.15) is 0 Å². The minimum atomic E-state index is -0.0869. The summed E-state index contributed by atoms with van der Waals surface area (Å²) in [7, 11) is 1.74. The number of hydrogen-bond donors (Lipinski definition) is 0. The van der Waals surface area contributed by atoms with Crippen LogP contribution in [0.4, 0.5) is 0 Å². The summed E-state index contributed by atoms with van der Waals surface area (Å²) in [6.45, 7) is 3.12. The van der Waals surface area contributed by atoms with Gasteiger partial charge in [0.25, 0.3) is 5.56 Å². The number of carbonyl (C=O) groups is 1. The smallest absolute Gasteiger partial charge is 0.254 e. The molecular formula is C19H21BrN2O3. The van der Waals surface area contributed by atoms with Crippen molar-refractivity contribution >= 4 is 21.8 Å². The number of carbonyl (C=O) groups excluding carboxylic acids is 1. The predicted octanol–water partition coefficient (Wildman–Crippen LogP) is 2.68. The fourth-order valence-electron chi connectivity index (χ4n) is 2.94. The molecule has 0 radical (unpaired) electrons. The molecule has 1 aromatic heterocycles. The molecule has 6 heteroatoms. The van der Waals surface area contributed by atoms with Gasteiger partial charge in [0.2, 0.25) is 5.91 Å². The monoisotopic (exact) mass is 404 g/mol. The molecule has 0 aliphatic carbocycles. The van der Waals surface area contributed by atoms with Gasteiger partial charge in [-0.15, -0.1) is 0 Å². The molecule has 1 saturated heterocycles. The number of nitrogens with zero attached hydrogens (tertiary/aromatic N) is 2. The zero-order chi connectivity index (χ0) is 18.0. The SMILES string of the molecule is Cc1cc(OC2CCN(C(=O)Cc3ccc(Br)cc3)C2)cc(=O)n1C. The third-order valence-corrected chi connectivity index (χ3v) is 5.07. The first-order valence-corrected chi connectivity index (χ1v) is 9.08. The number of halogens is 1. The Morgan fingerprint density at radius 2 is 2.00 bits per heavy atom. The molecule has 132 valence electrons. The second-order valence-electron chi connectivity index (χ2n) is 6.40. The number of ether oxygens (including phenoxy) is 1. The fraction of sp³-hybridized carbons (Fsp3) is 0.368. The van der Waals surface area contributed by atoms with Crippen molar-refractivity contribution in [3.63, 3.8) is 0 Å². The van der Waals surface area contributed by atoms with E-state index in [1.54, 1.807) is 11.6 Å². The molecule has 1 atom stereocenters. The molecule has 0 saturated carbocycles. The second kappa shape index (κ2) is 7.44. The van der Waals surface area contributed by atoms with Crippen molar-refractivity contribution in [3.8, 4) is 5.75 Å². The van der Waals surface area contributed by atoms with Crippen LogP contribution < -0.4 is 10.3 Å². The van der Waals surface area contributed by atoms with Crippen molar-refractivity contribution in [1.29, 1.82) is 0 Å². The van der Waals surface area contributed by atoms with E-state index in [1.807, 2.05) is 42.2 Å². The third-order valence-electron chi connectivity index (χ3n) is 4.55. The minimum Gasteiger partial charge on any atom is -0.488 e. The number of likely N-dealkylation sites (tertiary alicyclic amines) is 1. The van der Waals surface area contributed by atoms with Crippen molar-refractivity contribution in [1.82, 2.24) is 9.47 Å². The van der Waals surface area contributed by atoms with Crippen LogP contribution in [-0.4, -0.2) is 34.6 Å². The van der Waals surface area contributed by atoms with Crippen LogP contribution in [0.25, 0.3) is 0 Å². The van der Waals surface area contributed by atoms with Gasteiger partial charge >= 0.3 is 0 Å². The molecule has 2 heterocycles. The van der Waals surface area contributed by atoms with Gasteiger partial charge in [0.05, 0.1) is 13.0 Å². The number of amides is 1. The Bertz CT molecular complexity index is 830. The number of aromatic nitrogens is 1. The minimum absolute atomic E-state index is 0.0691. The summed E-state index contributed by atoms with van der Waals surface area (Å²) in [5.41, 5.74) is 1.76. The molecule has 1 amide bonds. The number of pyridine rings is 1. The van der Waals surface area contributed by atoms with Gasteiger partial charge in [-0.3, -0.25) is 9.59 Å². The van der Waals surface area contributed by atoms with Gasteiger partial charge in [0, 0.05) is 36.2 Å². The molecule has 1 aliphatic rings. The quantitative estimate of drug-likeness (QED) is 0.786. The zero-order valence-corrected chi connectivity index (χ0v) is 16.0.